The van der Waals surface area contributed by atoms with Crippen molar-refractivity contribution >= 4 is 11.4 Å². The lowest BCUT2D eigenvalue weighted by Gasteiger charge is -2.23. The van der Waals surface area contributed by atoms with Crippen LogP contribution in [0.15, 0.2) is 30.5 Å². The summed E-state index contributed by atoms with van der Waals surface area (Å²) in [4.78, 5) is 11.1. The van der Waals surface area contributed by atoms with Crippen LogP contribution in [0.1, 0.15) is 36.8 Å². The van der Waals surface area contributed by atoms with Crippen LogP contribution in [-0.4, -0.2) is 17.0 Å². The van der Waals surface area contributed by atoms with E-state index in [1.54, 1.807) is 0 Å². The molecule has 4 nitrogen and oxygen atoms in total. The first-order valence-electron chi connectivity index (χ1n) is 6.89. The SMILES string of the molecule is Cc1ccccc1N(C)c1cnc(C(C)C)nc1CN. The molecular weight excluding hydrogens is 248 g/mol. The Morgan fingerprint density at radius 1 is 1.20 bits per heavy atom. The molecule has 2 rings (SSSR count). The summed E-state index contributed by atoms with van der Waals surface area (Å²) in [6, 6.07) is 8.25. The van der Waals surface area contributed by atoms with Crippen molar-refractivity contribution in [2.24, 2.45) is 5.73 Å². The van der Waals surface area contributed by atoms with Gasteiger partial charge >= 0.3 is 0 Å². The molecule has 20 heavy (non-hydrogen) atoms. The van der Waals surface area contributed by atoms with Gasteiger partial charge in [-0.2, -0.15) is 0 Å². The first-order chi connectivity index (χ1) is 9.54. The predicted octanol–water partition coefficient (Wildman–Crippen LogP) is 3.14. The van der Waals surface area contributed by atoms with Crippen molar-refractivity contribution < 1.29 is 0 Å². The molecule has 0 unspecified atom stereocenters. The maximum Gasteiger partial charge on any atom is 0.131 e. The minimum absolute atomic E-state index is 0.304. The van der Waals surface area contributed by atoms with Crippen LogP contribution in [0.3, 0.4) is 0 Å². The molecule has 2 N–H and O–H groups in total. The molecule has 106 valence electrons. The molecule has 0 fully saturated rings. The molecule has 1 aromatic carbocycles. The van der Waals surface area contributed by atoms with Crippen LogP contribution in [0.25, 0.3) is 0 Å². The average molecular weight is 270 g/mol. The van der Waals surface area contributed by atoms with E-state index in [2.05, 4.69) is 47.8 Å². The zero-order valence-electron chi connectivity index (χ0n) is 12.6. The van der Waals surface area contributed by atoms with Gasteiger partial charge in [0.05, 0.1) is 17.6 Å². The number of hydrogen-bond acceptors (Lipinski definition) is 4. The van der Waals surface area contributed by atoms with Crippen LogP contribution in [0, 0.1) is 6.92 Å². The Morgan fingerprint density at radius 3 is 2.50 bits per heavy atom. The van der Waals surface area contributed by atoms with Crippen molar-refractivity contribution in [3.8, 4) is 0 Å². The number of benzene rings is 1. The number of rotatable bonds is 4. The predicted molar refractivity (Wildman–Crippen MR) is 83.3 cm³/mol. The van der Waals surface area contributed by atoms with E-state index in [1.807, 2.05) is 25.4 Å². The molecular formula is C16H22N4. The lowest BCUT2D eigenvalue weighted by atomic mass is 10.1. The summed E-state index contributed by atoms with van der Waals surface area (Å²) in [6.07, 6.45) is 1.87. The summed E-state index contributed by atoms with van der Waals surface area (Å²) < 4.78 is 0. The number of anilines is 2. The van der Waals surface area contributed by atoms with Gasteiger partial charge in [-0.3, -0.25) is 0 Å². The zero-order valence-corrected chi connectivity index (χ0v) is 12.6. The monoisotopic (exact) mass is 270 g/mol. The number of hydrogen-bond donors (Lipinski definition) is 1. The topological polar surface area (TPSA) is 55.0 Å². The fraction of sp³-hybridized carbons (Fsp3) is 0.375. The van der Waals surface area contributed by atoms with Gasteiger partial charge in [-0.25, -0.2) is 9.97 Å². The van der Waals surface area contributed by atoms with Gasteiger partial charge in [0.25, 0.3) is 0 Å². The molecule has 0 spiro atoms. The molecule has 0 aliphatic heterocycles. The maximum absolute atomic E-state index is 5.86. The summed E-state index contributed by atoms with van der Waals surface area (Å²) in [5.74, 6) is 1.14. The maximum atomic E-state index is 5.86. The van der Waals surface area contributed by atoms with Crippen LogP contribution >= 0.6 is 0 Å². The Kier molecular flexibility index (Phi) is 4.35. The van der Waals surface area contributed by atoms with E-state index in [4.69, 9.17) is 5.73 Å². The van der Waals surface area contributed by atoms with Gasteiger partial charge in [-0.05, 0) is 18.6 Å². The number of aryl methyl sites for hydroxylation is 1. The third-order valence-electron chi connectivity index (χ3n) is 3.41. The van der Waals surface area contributed by atoms with E-state index < -0.39 is 0 Å². The second kappa shape index (κ2) is 6.01. The van der Waals surface area contributed by atoms with E-state index >= 15 is 0 Å². The fourth-order valence-corrected chi connectivity index (χ4v) is 2.20. The van der Waals surface area contributed by atoms with Gasteiger partial charge in [-0.15, -0.1) is 0 Å². The molecule has 0 amide bonds. The number of nitrogens with two attached hydrogens (primary N) is 1. The third kappa shape index (κ3) is 2.80. The lowest BCUT2D eigenvalue weighted by Crippen LogP contribution is -2.17. The Bertz CT molecular complexity index is 593. The fourth-order valence-electron chi connectivity index (χ4n) is 2.20. The standard InChI is InChI=1S/C16H22N4/c1-11(2)16-18-10-15(13(9-17)19-16)20(4)14-8-6-5-7-12(14)3/h5-8,10-11H,9,17H2,1-4H3. The van der Waals surface area contributed by atoms with E-state index in [9.17, 15) is 0 Å². The first kappa shape index (κ1) is 14.5. The normalized spacial score (nSPS) is 10.9. The van der Waals surface area contributed by atoms with Crippen LogP contribution < -0.4 is 10.6 Å². The van der Waals surface area contributed by atoms with Crippen LogP contribution in [0.2, 0.25) is 0 Å². The van der Waals surface area contributed by atoms with Gasteiger partial charge in [0.2, 0.25) is 0 Å². The highest BCUT2D eigenvalue weighted by Crippen LogP contribution is 2.28. The quantitative estimate of drug-likeness (QED) is 0.927. The number of aromatic nitrogens is 2. The van der Waals surface area contributed by atoms with Crippen molar-refractivity contribution in [3.63, 3.8) is 0 Å². The highest BCUT2D eigenvalue weighted by Gasteiger charge is 2.14. The second-order valence-electron chi connectivity index (χ2n) is 5.26. The molecule has 0 atom stereocenters. The zero-order chi connectivity index (χ0) is 14.7. The van der Waals surface area contributed by atoms with Gasteiger partial charge in [-0.1, -0.05) is 32.0 Å². The van der Waals surface area contributed by atoms with Crippen molar-refractivity contribution in [3.05, 3.63) is 47.5 Å². The molecule has 0 radical (unpaired) electrons. The molecule has 0 saturated carbocycles. The molecule has 4 heteroatoms. The Hall–Kier alpha value is -1.94. The summed E-state index contributed by atoms with van der Waals surface area (Å²) >= 11 is 0. The van der Waals surface area contributed by atoms with E-state index in [0.29, 0.717) is 12.5 Å². The molecule has 2 aromatic rings. The van der Waals surface area contributed by atoms with Crippen molar-refractivity contribution in [2.45, 2.75) is 33.2 Å². The Morgan fingerprint density at radius 2 is 1.90 bits per heavy atom. The van der Waals surface area contributed by atoms with Crippen LogP contribution in [0.4, 0.5) is 11.4 Å². The second-order valence-corrected chi connectivity index (χ2v) is 5.26. The van der Waals surface area contributed by atoms with Crippen molar-refractivity contribution in [1.82, 2.24) is 9.97 Å². The van der Waals surface area contributed by atoms with Crippen molar-refractivity contribution in [2.75, 3.05) is 11.9 Å². The first-order valence-corrected chi connectivity index (χ1v) is 6.89. The highest BCUT2D eigenvalue weighted by atomic mass is 15.1. The molecule has 0 aliphatic carbocycles. The van der Waals surface area contributed by atoms with Crippen LogP contribution in [-0.2, 0) is 6.54 Å². The minimum atomic E-state index is 0.304. The summed E-state index contributed by atoms with van der Waals surface area (Å²) in [5.41, 5.74) is 10.1. The Balaban J connectivity index is 2.44. The smallest absolute Gasteiger partial charge is 0.131 e. The minimum Gasteiger partial charge on any atom is -0.342 e. The summed E-state index contributed by atoms with van der Waals surface area (Å²) in [6.45, 7) is 6.67. The Labute approximate surface area is 120 Å². The van der Waals surface area contributed by atoms with E-state index in [1.165, 1.54) is 5.56 Å². The van der Waals surface area contributed by atoms with Crippen molar-refractivity contribution in [1.29, 1.82) is 0 Å². The highest BCUT2D eigenvalue weighted by molar-refractivity contribution is 5.66. The molecule has 1 aromatic heterocycles. The van der Waals surface area contributed by atoms with Crippen LogP contribution in [0.5, 0.6) is 0 Å². The third-order valence-corrected chi connectivity index (χ3v) is 3.41. The number of para-hydroxylation sites is 1. The molecule has 1 heterocycles. The molecule has 0 aliphatic rings. The van der Waals surface area contributed by atoms with Gasteiger partial charge in [0, 0.05) is 25.2 Å². The van der Waals surface area contributed by atoms with Gasteiger partial charge in [0.1, 0.15) is 5.82 Å². The van der Waals surface area contributed by atoms with E-state index in [0.717, 1.165) is 22.9 Å². The number of nitrogens with zero attached hydrogens (tertiary/aromatic N) is 3. The molecule has 0 saturated heterocycles. The average Bonchev–Trinajstić information content (AvgIpc) is 2.46. The van der Waals surface area contributed by atoms with Gasteiger partial charge < -0.3 is 10.6 Å². The van der Waals surface area contributed by atoms with Gasteiger partial charge in [0.15, 0.2) is 0 Å². The summed E-state index contributed by atoms with van der Waals surface area (Å²) in [7, 11) is 2.02. The largest absolute Gasteiger partial charge is 0.342 e. The molecule has 0 bridgehead atoms. The summed E-state index contributed by atoms with van der Waals surface area (Å²) in [5, 5.41) is 0. The van der Waals surface area contributed by atoms with E-state index in [-0.39, 0.29) is 0 Å². The lowest BCUT2D eigenvalue weighted by molar-refractivity contribution is 0.754.